The van der Waals surface area contributed by atoms with E-state index in [1.807, 2.05) is 27.7 Å². The molecule has 0 radical (unpaired) electrons. The minimum absolute atomic E-state index is 0.0750. The summed E-state index contributed by atoms with van der Waals surface area (Å²) < 4.78 is 41.6. The normalized spacial score (nSPS) is 21.5. The lowest BCUT2D eigenvalue weighted by molar-refractivity contribution is 0.0201. The summed E-state index contributed by atoms with van der Waals surface area (Å²) in [6.45, 7) is 7.71. The summed E-state index contributed by atoms with van der Waals surface area (Å²) in [4.78, 5) is 14.3. The predicted octanol–water partition coefficient (Wildman–Crippen LogP) is 9.13. The third kappa shape index (κ3) is 7.47. The van der Waals surface area contributed by atoms with Gasteiger partial charge in [0, 0.05) is 5.92 Å². The Bertz CT molecular complexity index is 1010. The minimum Gasteiger partial charge on any atom is -0.439 e. The van der Waals surface area contributed by atoms with Crippen molar-refractivity contribution in [2.24, 2.45) is 17.8 Å². The van der Waals surface area contributed by atoms with Crippen molar-refractivity contribution in [3.05, 3.63) is 34.4 Å². The van der Waals surface area contributed by atoms with Crippen molar-refractivity contribution in [2.75, 3.05) is 0 Å². The number of hydrogen-bond donors (Lipinski definition) is 1. The summed E-state index contributed by atoms with van der Waals surface area (Å²) in [5, 5.41) is 0. The predicted molar refractivity (Wildman–Crippen MR) is 158 cm³/mol. The molecule has 1 aromatic carbocycles. The molecule has 1 atom stereocenters. The van der Waals surface area contributed by atoms with Crippen LogP contribution in [-0.2, 0) is 14.9 Å². The van der Waals surface area contributed by atoms with Crippen LogP contribution < -0.4 is 0 Å². The molecular formula is C33H52O5S. The molecule has 1 unspecified atom stereocenters. The maximum absolute atomic E-state index is 14.3. The quantitative estimate of drug-likeness (QED) is 0.241. The molecular weight excluding hydrogens is 508 g/mol. The van der Waals surface area contributed by atoms with Crippen LogP contribution in [0.5, 0.6) is 0 Å². The molecule has 1 N–H and O–H groups in total. The molecule has 4 rings (SSSR count). The monoisotopic (exact) mass is 560 g/mol. The van der Waals surface area contributed by atoms with Crippen molar-refractivity contribution < 1.29 is 22.5 Å². The highest BCUT2D eigenvalue weighted by molar-refractivity contribution is 7.86. The molecule has 6 heteroatoms. The number of hydrogen-bond acceptors (Lipinski definition) is 4. The van der Waals surface area contributed by atoms with Crippen molar-refractivity contribution in [3.63, 3.8) is 0 Å². The summed E-state index contributed by atoms with van der Waals surface area (Å²) in [6.07, 6.45) is 17.5. The lowest BCUT2D eigenvalue weighted by Crippen LogP contribution is -2.40. The van der Waals surface area contributed by atoms with Crippen LogP contribution in [0.2, 0.25) is 0 Å². The van der Waals surface area contributed by atoms with E-state index >= 15 is 0 Å². The van der Waals surface area contributed by atoms with Gasteiger partial charge in [-0.15, -0.1) is 0 Å². The Hall–Kier alpha value is -1.40. The maximum Gasteiger partial charge on any atom is 0.340 e. The van der Waals surface area contributed by atoms with Crippen LogP contribution >= 0.6 is 0 Å². The first-order chi connectivity index (χ1) is 18.6. The Balaban J connectivity index is 1.84. The van der Waals surface area contributed by atoms with Gasteiger partial charge in [-0.25, -0.2) is 4.79 Å². The van der Waals surface area contributed by atoms with Crippen LogP contribution in [-0.4, -0.2) is 24.4 Å². The van der Waals surface area contributed by atoms with Gasteiger partial charge < -0.3 is 4.74 Å². The van der Waals surface area contributed by atoms with E-state index in [9.17, 15) is 17.8 Å². The number of carbonyl (C=O) groups is 1. The molecule has 0 aromatic heterocycles. The molecule has 0 bridgehead atoms. The zero-order valence-electron chi connectivity index (χ0n) is 24.8. The molecule has 0 aliphatic heterocycles. The molecule has 3 fully saturated rings. The number of ether oxygens (including phenoxy) is 1. The summed E-state index contributed by atoms with van der Waals surface area (Å²) in [7, 11) is -4.60. The van der Waals surface area contributed by atoms with E-state index in [-0.39, 0.29) is 11.8 Å². The molecule has 3 aliphatic carbocycles. The highest BCUT2D eigenvalue weighted by Gasteiger charge is 2.41. The Morgan fingerprint density at radius 1 is 0.718 bits per heavy atom. The summed E-state index contributed by atoms with van der Waals surface area (Å²) in [6, 6.07) is 4.61. The van der Waals surface area contributed by atoms with Gasteiger partial charge in [0.25, 0.3) is 0 Å². The Morgan fingerprint density at radius 2 is 1.10 bits per heavy atom. The summed E-state index contributed by atoms with van der Waals surface area (Å²) in [5.41, 5.74) is 2.60. The number of esters is 1. The van der Waals surface area contributed by atoms with E-state index in [1.165, 1.54) is 50.5 Å². The fourth-order valence-corrected chi connectivity index (χ4v) is 9.23. The van der Waals surface area contributed by atoms with Crippen molar-refractivity contribution in [3.8, 4) is 0 Å². The summed E-state index contributed by atoms with van der Waals surface area (Å²) >= 11 is 0. The van der Waals surface area contributed by atoms with Gasteiger partial charge in [-0.1, -0.05) is 97.6 Å². The van der Waals surface area contributed by atoms with Crippen LogP contribution in [0.25, 0.3) is 0 Å². The van der Waals surface area contributed by atoms with E-state index in [4.69, 9.17) is 4.74 Å². The Labute approximate surface area is 237 Å². The highest BCUT2D eigenvalue weighted by Crippen LogP contribution is 2.44. The molecule has 3 aliphatic rings. The van der Waals surface area contributed by atoms with Crippen molar-refractivity contribution in [2.45, 2.75) is 147 Å². The minimum atomic E-state index is -4.60. The van der Waals surface area contributed by atoms with E-state index in [2.05, 4.69) is 12.1 Å². The van der Waals surface area contributed by atoms with E-state index in [0.717, 1.165) is 62.5 Å². The smallest absolute Gasteiger partial charge is 0.340 e. The Kier molecular flexibility index (Phi) is 10.6. The van der Waals surface area contributed by atoms with Crippen LogP contribution in [0.15, 0.2) is 12.1 Å². The molecule has 39 heavy (non-hydrogen) atoms. The molecule has 0 heterocycles. The lowest BCUT2D eigenvalue weighted by Gasteiger charge is -2.34. The fourth-order valence-electron chi connectivity index (χ4n) is 7.99. The van der Waals surface area contributed by atoms with E-state index in [0.29, 0.717) is 23.3 Å². The van der Waals surface area contributed by atoms with Gasteiger partial charge >= 0.3 is 16.1 Å². The first-order valence-electron chi connectivity index (χ1n) is 15.9. The fraction of sp³-hybridized carbons (Fsp3) is 0.788. The molecule has 0 amide bonds. The second-order valence-electron chi connectivity index (χ2n) is 13.4. The van der Waals surface area contributed by atoms with Gasteiger partial charge in [0.2, 0.25) is 5.44 Å². The molecule has 3 saturated carbocycles. The van der Waals surface area contributed by atoms with Crippen molar-refractivity contribution in [1.29, 1.82) is 0 Å². The zero-order valence-corrected chi connectivity index (χ0v) is 25.6. The molecule has 0 saturated heterocycles. The highest BCUT2D eigenvalue weighted by atomic mass is 32.2. The van der Waals surface area contributed by atoms with Crippen LogP contribution in [0, 0.1) is 17.8 Å². The van der Waals surface area contributed by atoms with Gasteiger partial charge in [0.1, 0.15) is 0 Å². The van der Waals surface area contributed by atoms with Crippen molar-refractivity contribution in [1.82, 2.24) is 0 Å². The van der Waals surface area contributed by atoms with Gasteiger partial charge in [-0.2, -0.15) is 8.42 Å². The third-order valence-corrected chi connectivity index (χ3v) is 11.0. The van der Waals surface area contributed by atoms with E-state index in [1.54, 1.807) is 0 Å². The molecule has 0 spiro atoms. The number of rotatable bonds is 9. The topological polar surface area (TPSA) is 80.7 Å². The number of benzene rings is 1. The SMILES string of the molecule is CC(C)C(C(C)C)C(OC(=O)c1c(C2CCCCC2)cc(C2CCCCC2)cc1C1CCCCC1)S(=O)(=O)O. The number of carbonyl (C=O) groups excluding carboxylic acids is 1. The van der Waals surface area contributed by atoms with E-state index < -0.39 is 27.4 Å². The van der Waals surface area contributed by atoms with Gasteiger partial charge in [-0.05, 0) is 84.8 Å². The van der Waals surface area contributed by atoms with Crippen molar-refractivity contribution >= 4 is 16.1 Å². The average molecular weight is 561 g/mol. The third-order valence-electron chi connectivity index (χ3n) is 9.96. The Morgan fingerprint density at radius 3 is 1.46 bits per heavy atom. The maximum atomic E-state index is 14.3. The standard InChI is InChI=1S/C33H52O5S/c1-22(2)30(23(3)4)33(39(35,36)37)38-32(34)31-28(25-16-10-6-11-17-25)20-27(24-14-8-5-9-15-24)21-29(31)26-18-12-7-13-19-26/h20-26,30,33H,5-19H2,1-4H3,(H,35,36,37). The summed E-state index contributed by atoms with van der Waals surface area (Å²) in [5.74, 6) is -0.0832. The lowest BCUT2D eigenvalue weighted by atomic mass is 9.73. The largest absolute Gasteiger partial charge is 0.439 e. The van der Waals surface area contributed by atoms with Crippen LogP contribution in [0.4, 0.5) is 0 Å². The molecule has 5 nitrogen and oxygen atoms in total. The zero-order chi connectivity index (χ0) is 28.2. The first kappa shape index (κ1) is 30.6. The molecule has 1 aromatic rings. The second kappa shape index (κ2) is 13.5. The van der Waals surface area contributed by atoms with Gasteiger partial charge in [-0.3, -0.25) is 4.55 Å². The molecule has 220 valence electrons. The second-order valence-corrected chi connectivity index (χ2v) is 14.9. The first-order valence-corrected chi connectivity index (χ1v) is 17.4. The average Bonchev–Trinajstić information content (AvgIpc) is 2.92. The van der Waals surface area contributed by atoms with Crippen LogP contribution in [0.1, 0.15) is 169 Å². The van der Waals surface area contributed by atoms with Gasteiger partial charge in [0.15, 0.2) is 0 Å². The van der Waals surface area contributed by atoms with Crippen LogP contribution in [0.3, 0.4) is 0 Å². The van der Waals surface area contributed by atoms with Gasteiger partial charge in [0.05, 0.1) is 5.56 Å².